The lowest BCUT2D eigenvalue weighted by atomic mass is 9.87. The van der Waals surface area contributed by atoms with Crippen molar-refractivity contribution < 1.29 is 9.90 Å². The zero-order valence-corrected chi connectivity index (χ0v) is 14.4. The highest BCUT2D eigenvalue weighted by atomic mass is 16.3. The van der Waals surface area contributed by atoms with Gasteiger partial charge in [0, 0.05) is 23.6 Å². The summed E-state index contributed by atoms with van der Waals surface area (Å²) in [6, 6.07) is 28.6. The second kappa shape index (κ2) is 7.14. The Balaban J connectivity index is 1.79. The summed E-state index contributed by atoms with van der Waals surface area (Å²) in [6.45, 7) is 0. The maximum absolute atomic E-state index is 13.4. The van der Waals surface area contributed by atoms with Crippen molar-refractivity contribution in [2.75, 3.05) is 4.90 Å². The molecule has 0 saturated carbocycles. The maximum Gasteiger partial charge on any atom is 0.185 e. The van der Waals surface area contributed by atoms with Gasteiger partial charge < -0.3 is 10.0 Å². The van der Waals surface area contributed by atoms with Crippen LogP contribution in [0.25, 0.3) is 0 Å². The van der Waals surface area contributed by atoms with Gasteiger partial charge in [0.1, 0.15) is 12.3 Å². The molecule has 0 bridgehead atoms. The molecule has 26 heavy (non-hydrogen) atoms. The Morgan fingerprint density at radius 1 is 0.808 bits per heavy atom. The predicted molar refractivity (Wildman–Crippen MR) is 103 cm³/mol. The standard InChI is InChI=1S/C23H21NO2/c25-21-16-20(17-10-4-1-5-11-17)22(23(26)18-12-6-2-7-13-18)24(21)19-14-8-3-9-15-19/h1-15,20-22,25H,16H2/t20-,21+,22+/m0/s1. The zero-order valence-electron chi connectivity index (χ0n) is 14.4. The van der Waals surface area contributed by atoms with Crippen molar-refractivity contribution in [1.82, 2.24) is 0 Å². The molecular formula is C23H21NO2. The topological polar surface area (TPSA) is 40.5 Å². The van der Waals surface area contributed by atoms with Gasteiger partial charge in [-0.2, -0.15) is 0 Å². The van der Waals surface area contributed by atoms with Crippen LogP contribution < -0.4 is 4.90 Å². The van der Waals surface area contributed by atoms with Crippen molar-refractivity contribution in [3.8, 4) is 0 Å². The molecule has 0 aromatic heterocycles. The van der Waals surface area contributed by atoms with Crippen LogP contribution in [0.2, 0.25) is 0 Å². The molecule has 3 heteroatoms. The van der Waals surface area contributed by atoms with Crippen molar-refractivity contribution in [3.05, 3.63) is 102 Å². The Morgan fingerprint density at radius 2 is 1.35 bits per heavy atom. The minimum atomic E-state index is -0.694. The number of anilines is 1. The molecule has 0 spiro atoms. The van der Waals surface area contributed by atoms with E-state index >= 15 is 0 Å². The average Bonchev–Trinajstić information content (AvgIpc) is 3.06. The molecule has 1 heterocycles. The molecule has 3 atom stereocenters. The van der Waals surface area contributed by atoms with Crippen LogP contribution in [0.15, 0.2) is 91.0 Å². The first kappa shape index (κ1) is 16.6. The number of hydrogen-bond acceptors (Lipinski definition) is 3. The number of benzene rings is 3. The normalized spacial score (nSPS) is 22.3. The predicted octanol–water partition coefficient (Wildman–Crippen LogP) is 4.25. The highest BCUT2D eigenvalue weighted by molar-refractivity contribution is 6.03. The van der Waals surface area contributed by atoms with Gasteiger partial charge in [0.15, 0.2) is 5.78 Å². The number of carbonyl (C=O) groups excluding carboxylic acids is 1. The maximum atomic E-state index is 13.4. The van der Waals surface area contributed by atoms with Crippen molar-refractivity contribution >= 4 is 11.5 Å². The van der Waals surface area contributed by atoms with Crippen LogP contribution >= 0.6 is 0 Å². The van der Waals surface area contributed by atoms with Gasteiger partial charge >= 0.3 is 0 Å². The molecule has 0 radical (unpaired) electrons. The Kier molecular flexibility index (Phi) is 4.55. The summed E-state index contributed by atoms with van der Waals surface area (Å²) in [5.41, 5.74) is 2.63. The Morgan fingerprint density at radius 3 is 1.96 bits per heavy atom. The first-order chi connectivity index (χ1) is 12.8. The number of carbonyl (C=O) groups is 1. The number of nitrogens with zero attached hydrogens (tertiary/aromatic N) is 1. The molecule has 1 fully saturated rings. The van der Waals surface area contributed by atoms with E-state index in [-0.39, 0.29) is 11.7 Å². The number of para-hydroxylation sites is 1. The van der Waals surface area contributed by atoms with Crippen LogP contribution in [0.3, 0.4) is 0 Å². The lowest BCUT2D eigenvalue weighted by Crippen LogP contribution is -2.42. The van der Waals surface area contributed by atoms with Crippen LogP contribution in [0, 0.1) is 0 Å². The smallest absolute Gasteiger partial charge is 0.185 e. The second-order valence-corrected chi connectivity index (χ2v) is 6.65. The highest BCUT2D eigenvalue weighted by Gasteiger charge is 2.45. The molecule has 0 aliphatic carbocycles. The fraction of sp³-hybridized carbons (Fsp3) is 0.174. The van der Waals surface area contributed by atoms with Gasteiger partial charge in [0.25, 0.3) is 0 Å². The van der Waals surface area contributed by atoms with E-state index in [0.29, 0.717) is 12.0 Å². The minimum Gasteiger partial charge on any atom is -0.374 e. The third kappa shape index (κ3) is 3.02. The van der Waals surface area contributed by atoms with Crippen LogP contribution in [-0.2, 0) is 0 Å². The summed E-state index contributed by atoms with van der Waals surface area (Å²) in [6.07, 6.45) is -0.164. The molecule has 130 valence electrons. The summed E-state index contributed by atoms with van der Waals surface area (Å²) in [5, 5.41) is 10.8. The van der Waals surface area contributed by atoms with E-state index in [1.165, 1.54) is 0 Å². The first-order valence-electron chi connectivity index (χ1n) is 8.91. The van der Waals surface area contributed by atoms with E-state index in [9.17, 15) is 9.90 Å². The van der Waals surface area contributed by atoms with Gasteiger partial charge in [-0.25, -0.2) is 0 Å². The summed E-state index contributed by atoms with van der Waals surface area (Å²) in [4.78, 5) is 15.3. The molecule has 1 aliphatic rings. The third-order valence-electron chi connectivity index (χ3n) is 5.08. The van der Waals surface area contributed by atoms with Gasteiger partial charge in [-0.1, -0.05) is 78.9 Å². The van der Waals surface area contributed by atoms with E-state index in [1.807, 2.05) is 95.9 Å². The number of rotatable bonds is 4. The van der Waals surface area contributed by atoms with E-state index in [2.05, 4.69) is 0 Å². The molecule has 3 aromatic rings. The molecule has 0 amide bonds. The Bertz CT molecular complexity index is 864. The molecule has 1 N–H and O–H groups in total. The lowest BCUT2D eigenvalue weighted by Gasteiger charge is -2.31. The van der Waals surface area contributed by atoms with Gasteiger partial charge in [0.05, 0.1) is 0 Å². The number of ketones is 1. The molecule has 3 nitrogen and oxygen atoms in total. The van der Waals surface area contributed by atoms with Gasteiger partial charge in [-0.05, 0) is 17.7 Å². The van der Waals surface area contributed by atoms with Crippen LogP contribution in [0.5, 0.6) is 0 Å². The summed E-state index contributed by atoms with van der Waals surface area (Å²) >= 11 is 0. The number of aliphatic hydroxyl groups is 1. The van der Waals surface area contributed by atoms with E-state index in [4.69, 9.17) is 0 Å². The summed E-state index contributed by atoms with van der Waals surface area (Å²) in [5.74, 6) is -0.0148. The molecule has 1 aliphatic heterocycles. The Labute approximate surface area is 153 Å². The largest absolute Gasteiger partial charge is 0.374 e. The van der Waals surface area contributed by atoms with Gasteiger partial charge in [0.2, 0.25) is 0 Å². The quantitative estimate of drug-likeness (QED) is 0.720. The molecule has 0 unspecified atom stereocenters. The summed E-state index contributed by atoms with van der Waals surface area (Å²) in [7, 11) is 0. The van der Waals surface area contributed by atoms with Crippen molar-refractivity contribution in [2.45, 2.75) is 24.6 Å². The highest BCUT2D eigenvalue weighted by Crippen LogP contribution is 2.41. The average molecular weight is 343 g/mol. The lowest BCUT2D eigenvalue weighted by molar-refractivity contribution is 0.0946. The second-order valence-electron chi connectivity index (χ2n) is 6.65. The third-order valence-corrected chi connectivity index (χ3v) is 5.08. The number of Topliss-reactive ketones (excluding diaryl/α,β-unsaturated/α-hetero) is 1. The minimum absolute atomic E-state index is 0.0415. The van der Waals surface area contributed by atoms with Crippen molar-refractivity contribution in [1.29, 1.82) is 0 Å². The van der Waals surface area contributed by atoms with E-state index < -0.39 is 12.3 Å². The van der Waals surface area contributed by atoms with Crippen molar-refractivity contribution in [3.63, 3.8) is 0 Å². The molecular weight excluding hydrogens is 322 g/mol. The monoisotopic (exact) mass is 343 g/mol. The molecule has 1 saturated heterocycles. The molecule has 3 aromatic carbocycles. The number of hydrogen-bond donors (Lipinski definition) is 1. The van der Waals surface area contributed by atoms with Gasteiger partial charge in [-0.3, -0.25) is 4.79 Å². The van der Waals surface area contributed by atoms with E-state index in [0.717, 1.165) is 11.3 Å². The van der Waals surface area contributed by atoms with Crippen LogP contribution in [0.1, 0.15) is 28.3 Å². The summed E-state index contributed by atoms with van der Waals surface area (Å²) < 4.78 is 0. The molecule has 4 rings (SSSR count). The van der Waals surface area contributed by atoms with Gasteiger partial charge in [-0.15, -0.1) is 0 Å². The fourth-order valence-electron chi connectivity index (χ4n) is 3.88. The number of aliphatic hydroxyl groups excluding tert-OH is 1. The van der Waals surface area contributed by atoms with Crippen LogP contribution in [-0.4, -0.2) is 23.2 Å². The van der Waals surface area contributed by atoms with Crippen LogP contribution in [0.4, 0.5) is 5.69 Å². The fourth-order valence-corrected chi connectivity index (χ4v) is 3.88. The van der Waals surface area contributed by atoms with Crippen molar-refractivity contribution in [2.24, 2.45) is 0 Å². The first-order valence-corrected chi connectivity index (χ1v) is 8.91. The zero-order chi connectivity index (χ0) is 17.9. The Hall–Kier alpha value is -2.91. The van der Waals surface area contributed by atoms with E-state index in [1.54, 1.807) is 0 Å². The SMILES string of the molecule is O=C(c1ccccc1)[C@H]1[C@H](c2ccccc2)C[C@@H](O)N1c1ccccc1.